The summed E-state index contributed by atoms with van der Waals surface area (Å²) < 4.78 is 4.99. The molecular weight excluding hydrogens is 248 g/mol. The minimum Gasteiger partial charge on any atom is -0.478 e. The average Bonchev–Trinajstić information content (AvgIpc) is 2.42. The highest BCUT2D eigenvalue weighted by Gasteiger charge is 2.14. The smallest absolute Gasteiger partial charge is 0.339 e. The van der Waals surface area contributed by atoms with Gasteiger partial charge in [-0.05, 0) is 0 Å². The Kier molecular flexibility index (Phi) is 6.43. The van der Waals surface area contributed by atoms with Crippen LogP contribution in [-0.4, -0.2) is 52.7 Å². The molecule has 1 aromatic rings. The van der Waals surface area contributed by atoms with E-state index in [1.54, 1.807) is 7.11 Å². The van der Waals surface area contributed by atoms with E-state index < -0.39 is 5.97 Å². The van der Waals surface area contributed by atoms with Gasteiger partial charge < -0.3 is 9.84 Å². The zero-order valence-corrected chi connectivity index (χ0v) is 10.7. The maximum Gasteiger partial charge on any atom is 0.339 e. The molecule has 0 aliphatic heterocycles. The average molecular weight is 264 g/mol. The number of carboxylic acid groups (broad SMARTS) is 1. The normalized spacial score (nSPS) is 10.4. The number of nitriles is 1. The summed E-state index contributed by atoms with van der Waals surface area (Å²) >= 11 is 0. The second kappa shape index (κ2) is 8.13. The molecule has 0 aliphatic carbocycles. The molecule has 0 fully saturated rings. The van der Waals surface area contributed by atoms with E-state index in [4.69, 9.17) is 15.1 Å². The minimum atomic E-state index is -1.05. The lowest BCUT2D eigenvalue weighted by Gasteiger charge is -2.20. The van der Waals surface area contributed by atoms with Crippen molar-refractivity contribution in [2.24, 2.45) is 0 Å². The molecule has 0 spiro atoms. The van der Waals surface area contributed by atoms with Crippen molar-refractivity contribution in [2.45, 2.75) is 13.0 Å². The quantitative estimate of drug-likeness (QED) is 0.731. The molecule has 1 rings (SSSR count). The van der Waals surface area contributed by atoms with Crippen molar-refractivity contribution >= 4 is 5.97 Å². The van der Waals surface area contributed by atoms with E-state index in [0.29, 0.717) is 38.4 Å². The second-order valence-electron chi connectivity index (χ2n) is 3.87. The van der Waals surface area contributed by atoms with Crippen LogP contribution in [0.1, 0.15) is 22.5 Å². The van der Waals surface area contributed by atoms with Crippen LogP contribution in [0.2, 0.25) is 0 Å². The van der Waals surface area contributed by atoms with Crippen LogP contribution in [0.3, 0.4) is 0 Å². The van der Waals surface area contributed by atoms with Gasteiger partial charge in [0.15, 0.2) is 0 Å². The Morgan fingerprint density at radius 3 is 3.00 bits per heavy atom. The van der Waals surface area contributed by atoms with E-state index in [-0.39, 0.29) is 5.56 Å². The Hall–Kier alpha value is -2.04. The van der Waals surface area contributed by atoms with Gasteiger partial charge in [0.25, 0.3) is 0 Å². The van der Waals surface area contributed by atoms with E-state index >= 15 is 0 Å². The van der Waals surface area contributed by atoms with Gasteiger partial charge in [0, 0.05) is 39.4 Å². The molecule has 0 bridgehead atoms. The summed E-state index contributed by atoms with van der Waals surface area (Å²) in [5, 5.41) is 17.7. The van der Waals surface area contributed by atoms with E-state index in [0.717, 1.165) is 0 Å². The highest BCUT2D eigenvalue weighted by molar-refractivity contribution is 5.88. The third-order valence-corrected chi connectivity index (χ3v) is 2.55. The lowest BCUT2D eigenvalue weighted by Crippen LogP contribution is -2.29. The third kappa shape index (κ3) is 4.99. The molecule has 1 N–H and O–H groups in total. The first kappa shape index (κ1) is 15.0. The van der Waals surface area contributed by atoms with Crippen molar-refractivity contribution in [3.8, 4) is 6.07 Å². The van der Waals surface area contributed by atoms with E-state index in [1.807, 2.05) is 4.90 Å². The number of aromatic nitrogens is 2. The standard InChI is InChI=1S/C12H16N4O3/c1-19-6-5-16(4-2-3-13)8-11-10(12(17)18)7-14-9-15-11/h7,9H,2,4-6,8H2,1H3,(H,17,18). The molecule has 0 amide bonds. The van der Waals surface area contributed by atoms with Gasteiger partial charge in [0.2, 0.25) is 0 Å². The van der Waals surface area contributed by atoms with E-state index in [1.165, 1.54) is 12.5 Å². The number of rotatable bonds is 8. The number of carboxylic acids is 1. The lowest BCUT2D eigenvalue weighted by atomic mass is 10.2. The maximum atomic E-state index is 11.1. The minimum absolute atomic E-state index is 0.0851. The summed E-state index contributed by atoms with van der Waals surface area (Å²) in [6.07, 6.45) is 2.97. The first-order valence-electron chi connectivity index (χ1n) is 5.79. The number of aromatic carboxylic acids is 1. The molecular formula is C12H16N4O3. The van der Waals surface area contributed by atoms with Crippen LogP contribution in [0.25, 0.3) is 0 Å². The maximum absolute atomic E-state index is 11.1. The first-order valence-corrected chi connectivity index (χ1v) is 5.79. The molecule has 0 saturated carbocycles. The van der Waals surface area contributed by atoms with Gasteiger partial charge in [-0.15, -0.1) is 0 Å². The Balaban J connectivity index is 2.77. The predicted molar refractivity (Wildman–Crippen MR) is 66.4 cm³/mol. The molecule has 19 heavy (non-hydrogen) atoms. The molecule has 0 saturated heterocycles. The first-order chi connectivity index (χ1) is 9.19. The van der Waals surface area contributed by atoms with Crippen LogP contribution in [0.4, 0.5) is 0 Å². The molecule has 0 aliphatic rings. The van der Waals surface area contributed by atoms with Crippen molar-refractivity contribution in [1.82, 2.24) is 14.9 Å². The van der Waals surface area contributed by atoms with Crippen LogP contribution < -0.4 is 0 Å². The van der Waals surface area contributed by atoms with Crippen molar-refractivity contribution in [3.05, 3.63) is 23.8 Å². The van der Waals surface area contributed by atoms with Gasteiger partial charge >= 0.3 is 5.97 Å². The number of hydrogen-bond donors (Lipinski definition) is 1. The summed E-state index contributed by atoms with van der Waals surface area (Å²) in [6.45, 7) is 2.03. The zero-order valence-electron chi connectivity index (χ0n) is 10.7. The second-order valence-corrected chi connectivity index (χ2v) is 3.87. The molecule has 0 unspecified atom stereocenters. The number of methoxy groups -OCH3 is 1. The Morgan fingerprint density at radius 2 is 2.37 bits per heavy atom. The Morgan fingerprint density at radius 1 is 1.58 bits per heavy atom. The Labute approximate surface area is 111 Å². The summed E-state index contributed by atoms with van der Waals surface area (Å²) in [4.78, 5) is 20.7. The summed E-state index contributed by atoms with van der Waals surface area (Å²) in [5.74, 6) is -1.05. The molecule has 0 atom stereocenters. The predicted octanol–water partition coefficient (Wildman–Crippen LogP) is 0.537. The van der Waals surface area contributed by atoms with Gasteiger partial charge in [-0.1, -0.05) is 0 Å². The van der Waals surface area contributed by atoms with Crippen molar-refractivity contribution in [1.29, 1.82) is 5.26 Å². The topological polar surface area (TPSA) is 99.3 Å². The fourth-order valence-corrected chi connectivity index (χ4v) is 1.57. The van der Waals surface area contributed by atoms with Crippen LogP contribution >= 0.6 is 0 Å². The van der Waals surface area contributed by atoms with Crippen molar-refractivity contribution < 1.29 is 14.6 Å². The van der Waals surface area contributed by atoms with E-state index in [9.17, 15) is 4.79 Å². The van der Waals surface area contributed by atoms with Gasteiger partial charge in [0.1, 0.15) is 11.9 Å². The van der Waals surface area contributed by atoms with E-state index in [2.05, 4.69) is 16.0 Å². The SMILES string of the molecule is COCCN(CCC#N)Cc1ncncc1C(=O)O. The molecule has 7 heteroatoms. The van der Waals surface area contributed by atoms with Crippen molar-refractivity contribution in [3.63, 3.8) is 0 Å². The number of ether oxygens (including phenoxy) is 1. The van der Waals surface area contributed by atoms with Gasteiger partial charge in [-0.2, -0.15) is 5.26 Å². The Bertz CT molecular complexity index is 459. The van der Waals surface area contributed by atoms with Gasteiger partial charge in [-0.25, -0.2) is 14.8 Å². The molecule has 0 aromatic carbocycles. The summed E-state index contributed by atoms with van der Waals surface area (Å²) in [6, 6.07) is 2.07. The fraction of sp³-hybridized carbons (Fsp3) is 0.500. The fourth-order valence-electron chi connectivity index (χ4n) is 1.57. The van der Waals surface area contributed by atoms with Crippen LogP contribution in [0, 0.1) is 11.3 Å². The molecule has 1 aromatic heterocycles. The highest BCUT2D eigenvalue weighted by Crippen LogP contribution is 2.08. The lowest BCUT2D eigenvalue weighted by molar-refractivity contribution is 0.0692. The zero-order chi connectivity index (χ0) is 14.1. The van der Waals surface area contributed by atoms with Crippen molar-refractivity contribution in [2.75, 3.05) is 26.8 Å². The number of nitrogens with zero attached hydrogens (tertiary/aromatic N) is 4. The van der Waals surface area contributed by atoms with Crippen LogP contribution in [-0.2, 0) is 11.3 Å². The monoisotopic (exact) mass is 264 g/mol. The summed E-state index contributed by atoms with van der Waals surface area (Å²) in [5.41, 5.74) is 0.526. The molecule has 1 heterocycles. The van der Waals surface area contributed by atoms with Crippen LogP contribution in [0.15, 0.2) is 12.5 Å². The molecule has 102 valence electrons. The molecule has 0 radical (unpaired) electrons. The largest absolute Gasteiger partial charge is 0.478 e. The summed E-state index contributed by atoms with van der Waals surface area (Å²) in [7, 11) is 1.59. The number of hydrogen-bond acceptors (Lipinski definition) is 6. The number of carbonyl (C=O) groups is 1. The highest BCUT2D eigenvalue weighted by atomic mass is 16.5. The third-order valence-electron chi connectivity index (χ3n) is 2.55. The molecule has 7 nitrogen and oxygen atoms in total. The van der Waals surface area contributed by atoms with Crippen LogP contribution in [0.5, 0.6) is 0 Å². The van der Waals surface area contributed by atoms with Gasteiger partial charge in [-0.3, -0.25) is 4.90 Å². The van der Waals surface area contributed by atoms with Gasteiger partial charge in [0.05, 0.1) is 18.4 Å².